The molecule has 1 heterocycles. The van der Waals surface area contributed by atoms with Gasteiger partial charge in [-0.3, -0.25) is 9.69 Å². The molecule has 0 aliphatic carbocycles. The number of carboxylic acids is 1. The maximum Gasteiger partial charge on any atom is 0.335 e. The first-order valence-electron chi connectivity index (χ1n) is 6.49. The number of carbonyl (C=O) groups excluding carboxylic acids is 1. The zero-order valence-corrected chi connectivity index (χ0v) is 11.1. The predicted octanol–water partition coefficient (Wildman–Crippen LogP) is 0.461. The average molecular weight is 278 g/mol. The fraction of sp³-hybridized carbons (Fsp3) is 0.429. The molecule has 0 spiro atoms. The van der Waals surface area contributed by atoms with Crippen molar-refractivity contribution >= 4 is 11.9 Å². The minimum atomic E-state index is -0.930. The third-order valence-electron chi connectivity index (χ3n) is 3.23. The van der Waals surface area contributed by atoms with E-state index >= 15 is 0 Å². The quantitative estimate of drug-likeness (QED) is 0.816. The van der Waals surface area contributed by atoms with Crippen molar-refractivity contribution in [1.82, 2.24) is 4.90 Å². The second-order valence-electron chi connectivity index (χ2n) is 4.90. The maximum atomic E-state index is 10.9. The summed E-state index contributed by atoms with van der Waals surface area (Å²) in [5.74, 6) is -1.30. The maximum absolute atomic E-state index is 10.9. The van der Waals surface area contributed by atoms with Crippen molar-refractivity contribution in [3.05, 3.63) is 35.4 Å². The van der Waals surface area contributed by atoms with E-state index in [2.05, 4.69) is 4.90 Å². The van der Waals surface area contributed by atoms with Crippen LogP contribution in [-0.4, -0.2) is 47.7 Å². The summed E-state index contributed by atoms with van der Waals surface area (Å²) in [6.45, 7) is 2.57. The molecule has 1 atom stereocenters. The molecule has 1 aromatic carbocycles. The van der Waals surface area contributed by atoms with Gasteiger partial charge >= 0.3 is 5.97 Å². The number of rotatable bonds is 5. The van der Waals surface area contributed by atoms with E-state index < -0.39 is 5.97 Å². The molecular weight excluding hydrogens is 260 g/mol. The monoisotopic (exact) mass is 278 g/mol. The van der Waals surface area contributed by atoms with Gasteiger partial charge in [0.2, 0.25) is 5.91 Å². The van der Waals surface area contributed by atoms with Gasteiger partial charge in [-0.05, 0) is 17.7 Å². The van der Waals surface area contributed by atoms with Crippen LogP contribution in [-0.2, 0) is 16.1 Å². The summed E-state index contributed by atoms with van der Waals surface area (Å²) in [7, 11) is 0. The fourth-order valence-electron chi connectivity index (χ4n) is 2.33. The molecule has 1 fully saturated rings. The molecule has 20 heavy (non-hydrogen) atoms. The molecule has 1 aliphatic heterocycles. The summed E-state index contributed by atoms with van der Waals surface area (Å²) in [6.07, 6.45) is 0.0370. The molecule has 0 aromatic heterocycles. The highest BCUT2D eigenvalue weighted by Crippen LogP contribution is 2.13. The molecule has 0 radical (unpaired) electrons. The van der Waals surface area contributed by atoms with E-state index in [0.29, 0.717) is 19.7 Å². The van der Waals surface area contributed by atoms with Crippen LogP contribution < -0.4 is 5.73 Å². The van der Waals surface area contributed by atoms with Crippen LogP contribution in [0, 0.1) is 0 Å². The van der Waals surface area contributed by atoms with E-state index in [0.717, 1.165) is 12.1 Å². The molecule has 1 aliphatic rings. The number of nitrogens with two attached hydrogens (primary N) is 1. The number of hydrogen-bond acceptors (Lipinski definition) is 4. The van der Waals surface area contributed by atoms with Crippen molar-refractivity contribution in [3.8, 4) is 0 Å². The van der Waals surface area contributed by atoms with Crippen LogP contribution in [0.4, 0.5) is 0 Å². The SMILES string of the molecule is NC(=O)CC1CN(Cc2cccc(C(=O)O)c2)CCO1. The molecule has 108 valence electrons. The average Bonchev–Trinajstić information content (AvgIpc) is 2.38. The van der Waals surface area contributed by atoms with Crippen LogP contribution in [0.2, 0.25) is 0 Å². The molecule has 1 saturated heterocycles. The van der Waals surface area contributed by atoms with Gasteiger partial charge in [0.05, 0.1) is 24.7 Å². The third-order valence-corrected chi connectivity index (χ3v) is 3.23. The first-order chi connectivity index (χ1) is 9.54. The van der Waals surface area contributed by atoms with E-state index in [9.17, 15) is 9.59 Å². The van der Waals surface area contributed by atoms with Crippen molar-refractivity contribution in [3.63, 3.8) is 0 Å². The fourth-order valence-corrected chi connectivity index (χ4v) is 2.33. The van der Waals surface area contributed by atoms with Gasteiger partial charge in [-0.15, -0.1) is 0 Å². The molecular formula is C14H18N2O4. The number of morpholine rings is 1. The Labute approximate surface area is 117 Å². The standard InChI is InChI=1S/C14H18N2O4/c15-13(17)7-12-9-16(4-5-20-12)8-10-2-1-3-11(6-10)14(18)19/h1-3,6,12H,4-5,7-9H2,(H2,15,17)(H,18,19). The van der Waals surface area contributed by atoms with Gasteiger partial charge in [-0.2, -0.15) is 0 Å². The van der Waals surface area contributed by atoms with E-state index in [1.807, 2.05) is 6.07 Å². The summed E-state index contributed by atoms with van der Waals surface area (Å²) in [4.78, 5) is 24.0. The molecule has 6 nitrogen and oxygen atoms in total. The number of nitrogens with zero attached hydrogens (tertiary/aromatic N) is 1. The number of amides is 1. The minimum Gasteiger partial charge on any atom is -0.478 e. The van der Waals surface area contributed by atoms with Crippen LogP contribution >= 0.6 is 0 Å². The van der Waals surface area contributed by atoms with E-state index in [-0.39, 0.29) is 24.0 Å². The Morgan fingerprint density at radius 2 is 2.25 bits per heavy atom. The Kier molecular flexibility index (Phi) is 4.70. The number of carbonyl (C=O) groups is 2. The Bertz CT molecular complexity index is 504. The number of benzene rings is 1. The molecule has 6 heteroatoms. The van der Waals surface area contributed by atoms with Crippen LogP contribution in [0.1, 0.15) is 22.3 Å². The van der Waals surface area contributed by atoms with Gasteiger partial charge in [0.15, 0.2) is 0 Å². The number of hydrogen-bond donors (Lipinski definition) is 2. The molecule has 1 unspecified atom stereocenters. The van der Waals surface area contributed by atoms with E-state index in [4.69, 9.17) is 15.6 Å². The zero-order chi connectivity index (χ0) is 14.5. The van der Waals surface area contributed by atoms with Crippen molar-refractivity contribution in [2.24, 2.45) is 5.73 Å². The van der Waals surface area contributed by atoms with Crippen LogP contribution in [0.15, 0.2) is 24.3 Å². The van der Waals surface area contributed by atoms with Gasteiger partial charge in [0.25, 0.3) is 0 Å². The molecule has 1 aromatic rings. The topological polar surface area (TPSA) is 92.9 Å². The highest BCUT2D eigenvalue weighted by molar-refractivity contribution is 5.87. The number of ether oxygens (including phenoxy) is 1. The Morgan fingerprint density at radius 3 is 2.95 bits per heavy atom. The Morgan fingerprint density at radius 1 is 1.45 bits per heavy atom. The van der Waals surface area contributed by atoms with Gasteiger partial charge in [0, 0.05) is 19.6 Å². The molecule has 2 rings (SSSR count). The molecule has 3 N–H and O–H groups in total. The second-order valence-corrected chi connectivity index (χ2v) is 4.90. The normalized spacial score (nSPS) is 19.7. The van der Waals surface area contributed by atoms with E-state index in [1.165, 1.54) is 0 Å². The van der Waals surface area contributed by atoms with Crippen molar-refractivity contribution in [1.29, 1.82) is 0 Å². The van der Waals surface area contributed by atoms with Crippen LogP contribution in [0.5, 0.6) is 0 Å². The van der Waals surface area contributed by atoms with Gasteiger partial charge in [-0.25, -0.2) is 4.79 Å². The molecule has 1 amide bonds. The largest absolute Gasteiger partial charge is 0.478 e. The highest BCUT2D eigenvalue weighted by atomic mass is 16.5. The van der Waals surface area contributed by atoms with Crippen LogP contribution in [0.3, 0.4) is 0 Å². The summed E-state index contributed by atoms with van der Waals surface area (Å²) < 4.78 is 5.48. The number of aromatic carboxylic acids is 1. The van der Waals surface area contributed by atoms with Gasteiger partial charge in [-0.1, -0.05) is 12.1 Å². The summed E-state index contributed by atoms with van der Waals surface area (Å²) in [5.41, 5.74) is 6.39. The van der Waals surface area contributed by atoms with Gasteiger partial charge < -0.3 is 15.6 Å². The van der Waals surface area contributed by atoms with E-state index in [1.54, 1.807) is 18.2 Å². The minimum absolute atomic E-state index is 0.177. The third kappa shape index (κ3) is 4.04. The van der Waals surface area contributed by atoms with Crippen LogP contribution in [0.25, 0.3) is 0 Å². The lowest BCUT2D eigenvalue weighted by molar-refractivity contribution is -0.123. The smallest absolute Gasteiger partial charge is 0.335 e. The summed E-state index contributed by atoms with van der Waals surface area (Å²) >= 11 is 0. The lowest BCUT2D eigenvalue weighted by Crippen LogP contribution is -2.43. The lowest BCUT2D eigenvalue weighted by atomic mass is 10.1. The number of primary amides is 1. The zero-order valence-electron chi connectivity index (χ0n) is 11.1. The molecule has 0 bridgehead atoms. The predicted molar refractivity (Wildman–Crippen MR) is 72.2 cm³/mol. The van der Waals surface area contributed by atoms with Crippen molar-refractivity contribution < 1.29 is 19.4 Å². The van der Waals surface area contributed by atoms with Crippen molar-refractivity contribution in [2.45, 2.75) is 19.1 Å². The number of carboxylic acid groups (broad SMARTS) is 1. The summed E-state index contributed by atoms with van der Waals surface area (Å²) in [5, 5.41) is 8.97. The first-order valence-corrected chi connectivity index (χ1v) is 6.49. The Balaban J connectivity index is 1.97. The first kappa shape index (κ1) is 14.5. The highest BCUT2D eigenvalue weighted by Gasteiger charge is 2.22. The second kappa shape index (κ2) is 6.49. The van der Waals surface area contributed by atoms with Crippen molar-refractivity contribution in [2.75, 3.05) is 19.7 Å². The van der Waals surface area contributed by atoms with Gasteiger partial charge in [0.1, 0.15) is 0 Å². The lowest BCUT2D eigenvalue weighted by Gasteiger charge is -2.32. The summed E-state index contributed by atoms with van der Waals surface area (Å²) in [6, 6.07) is 6.87. The molecule has 0 saturated carbocycles. The Hall–Kier alpha value is -1.92.